The molecule has 0 saturated heterocycles. The quantitative estimate of drug-likeness (QED) is 0.790. The molecule has 1 aromatic rings. The van der Waals surface area contributed by atoms with Crippen LogP contribution >= 0.6 is 11.6 Å². The molecule has 6 heteroatoms. The zero-order chi connectivity index (χ0) is 15.9. The molecule has 0 radical (unpaired) electrons. The molecule has 0 aromatic heterocycles. The fraction of sp³-hybridized carbons (Fsp3) is 0.562. The molecule has 0 aliphatic heterocycles. The van der Waals surface area contributed by atoms with E-state index in [-0.39, 0.29) is 18.1 Å². The first-order valence-corrected chi connectivity index (χ1v) is 8.00. The second kappa shape index (κ2) is 8.25. The Kier molecular flexibility index (Phi) is 6.34. The summed E-state index contributed by atoms with van der Waals surface area (Å²) < 4.78 is 5.51. The number of halogens is 1. The van der Waals surface area contributed by atoms with E-state index in [4.69, 9.17) is 16.3 Å². The first-order chi connectivity index (χ1) is 10.6. The molecule has 2 atom stereocenters. The zero-order valence-electron chi connectivity index (χ0n) is 12.8. The number of nitrogens with one attached hydrogen (secondary N) is 1. The van der Waals surface area contributed by atoms with Crippen LogP contribution in [0.25, 0.3) is 0 Å². The van der Waals surface area contributed by atoms with Crippen LogP contribution in [-0.4, -0.2) is 48.9 Å². The van der Waals surface area contributed by atoms with Crippen molar-refractivity contribution in [3.05, 3.63) is 29.3 Å². The van der Waals surface area contributed by atoms with Gasteiger partial charge in [0.1, 0.15) is 12.4 Å². The topological polar surface area (TPSA) is 61.8 Å². The number of hydrogen-bond acceptors (Lipinski definition) is 3. The number of para-hydroxylation sites is 1. The van der Waals surface area contributed by atoms with Crippen LogP contribution in [0.1, 0.15) is 19.3 Å². The maximum absolute atomic E-state index is 12.0. The standard InChI is InChI=1S/C16H23ClN2O3/c1-19(11-12-5-4-7-14(12)20)16(21)18-9-10-22-15-8-3-2-6-13(15)17/h2-3,6,8,12,14,20H,4-5,7,9-11H2,1H3,(H,18,21)/t12-,14+/m1/s1. The summed E-state index contributed by atoms with van der Waals surface area (Å²) in [4.78, 5) is 13.6. The minimum Gasteiger partial charge on any atom is -0.490 e. The summed E-state index contributed by atoms with van der Waals surface area (Å²) in [6.45, 7) is 1.34. The Balaban J connectivity index is 1.66. The first kappa shape index (κ1) is 16.9. The predicted octanol–water partition coefficient (Wildman–Crippen LogP) is 2.52. The third-order valence-corrected chi connectivity index (χ3v) is 4.26. The van der Waals surface area contributed by atoms with Gasteiger partial charge in [0.15, 0.2) is 0 Å². The summed E-state index contributed by atoms with van der Waals surface area (Å²) >= 11 is 5.98. The number of nitrogens with zero attached hydrogens (tertiary/aromatic N) is 1. The zero-order valence-corrected chi connectivity index (χ0v) is 13.6. The highest BCUT2D eigenvalue weighted by molar-refractivity contribution is 6.32. The number of hydrogen-bond donors (Lipinski definition) is 2. The van der Waals surface area contributed by atoms with E-state index in [0.29, 0.717) is 30.5 Å². The third kappa shape index (κ3) is 4.78. The van der Waals surface area contributed by atoms with E-state index in [2.05, 4.69) is 5.32 Å². The lowest BCUT2D eigenvalue weighted by Gasteiger charge is -2.23. The number of rotatable bonds is 6. The Morgan fingerprint density at radius 3 is 2.91 bits per heavy atom. The maximum atomic E-state index is 12.0. The smallest absolute Gasteiger partial charge is 0.317 e. The van der Waals surface area contributed by atoms with Gasteiger partial charge in [-0.2, -0.15) is 0 Å². The summed E-state index contributed by atoms with van der Waals surface area (Å²) in [5.41, 5.74) is 0. The van der Waals surface area contributed by atoms with E-state index in [1.54, 1.807) is 24.1 Å². The van der Waals surface area contributed by atoms with E-state index in [9.17, 15) is 9.90 Å². The Hall–Kier alpha value is -1.46. The van der Waals surface area contributed by atoms with Gasteiger partial charge in [0.05, 0.1) is 17.7 Å². The molecule has 0 bridgehead atoms. The highest BCUT2D eigenvalue weighted by Crippen LogP contribution is 2.26. The molecule has 1 saturated carbocycles. The van der Waals surface area contributed by atoms with E-state index in [0.717, 1.165) is 19.3 Å². The maximum Gasteiger partial charge on any atom is 0.317 e. The van der Waals surface area contributed by atoms with Gasteiger partial charge in [-0.3, -0.25) is 0 Å². The van der Waals surface area contributed by atoms with Crippen molar-refractivity contribution in [3.63, 3.8) is 0 Å². The molecule has 0 unspecified atom stereocenters. The summed E-state index contributed by atoms with van der Waals surface area (Å²) in [5, 5.41) is 13.1. The van der Waals surface area contributed by atoms with Gasteiger partial charge in [-0.25, -0.2) is 4.79 Å². The molecule has 0 heterocycles. The van der Waals surface area contributed by atoms with Crippen molar-refractivity contribution in [2.24, 2.45) is 5.92 Å². The predicted molar refractivity (Wildman–Crippen MR) is 86.3 cm³/mol. The lowest BCUT2D eigenvalue weighted by Crippen LogP contribution is -2.42. The highest BCUT2D eigenvalue weighted by atomic mass is 35.5. The average Bonchev–Trinajstić information content (AvgIpc) is 2.90. The molecule has 1 aliphatic carbocycles. The molecule has 2 N–H and O–H groups in total. The third-order valence-electron chi connectivity index (χ3n) is 3.95. The Morgan fingerprint density at radius 2 is 2.23 bits per heavy atom. The number of carbonyl (C=O) groups excluding carboxylic acids is 1. The molecule has 2 amide bonds. The van der Waals surface area contributed by atoms with Crippen LogP contribution in [0.15, 0.2) is 24.3 Å². The number of carbonyl (C=O) groups is 1. The van der Waals surface area contributed by atoms with Crippen LogP contribution in [0, 0.1) is 5.92 Å². The highest BCUT2D eigenvalue weighted by Gasteiger charge is 2.27. The lowest BCUT2D eigenvalue weighted by atomic mass is 10.1. The van der Waals surface area contributed by atoms with E-state index in [1.807, 2.05) is 12.1 Å². The molecule has 1 aliphatic rings. The van der Waals surface area contributed by atoms with Crippen molar-refractivity contribution >= 4 is 17.6 Å². The molecular weight excluding hydrogens is 304 g/mol. The molecule has 1 aromatic carbocycles. The van der Waals surface area contributed by atoms with Crippen molar-refractivity contribution in [1.82, 2.24) is 10.2 Å². The van der Waals surface area contributed by atoms with Crippen LogP contribution in [0.3, 0.4) is 0 Å². The van der Waals surface area contributed by atoms with Gasteiger partial charge in [-0.1, -0.05) is 30.2 Å². The van der Waals surface area contributed by atoms with Gasteiger partial charge < -0.3 is 20.1 Å². The van der Waals surface area contributed by atoms with Crippen LogP contribution in [0.4, 0.5) is 4.79 Å². The fourth-order valence-electron chi connectivity index (χ4n) is 2.68. The van der Waals surface area contributed by atoms with Crippen molar-refractivity contribution in [2.45, 2.75) is 25.4 Å². The van der Waals surface area contributed by atoms with Crippen molar-refractivity contribution < 1.29 is 14.6 Å². The Bertz CT molecular complexity index is 498. The SMILES string of the molecule is CN(C[C@H]1CCC[C@@H]1O)C(=O)NCCOc1ccccc1Cl. The number of aliphatic hydroxyl groups excluding tert-OH is 1. The number of amides is 2. The van der Waals surface area contributed by atoms with E-state index < -0.39 is 0 Å². The molecule has 5 nitrogen and oxygen atoms in total. The van der Waals surface area contributed by atoms with Crippen LogP contribution in [0.2, 0.25) is 5.02 Å². The summed E-state index contributed by atoms with van der Waals surface area (Å²) in [7, 11) is 1.75. The van der Waals surface area contributed by atoms with Crippen LogP contribution < -0.4 is 10.1 Å². The van der Waals surface area contributed by atoms with Gasteiger partial charge in [0, 0.05) is 19.5 Å². The minimum absolute atomic E-state index is 0.151. The number of benzene rings is 1. The monoisotopic (exact) mass is 326 g/mol. The second-order valence-electron chi connectivity index (χ2n) is 5.65. The lowest BCUT2D eigenvalue weighted by molar-refractivity contribution is 0.113. The van der Waals surface area contributed by atoms with Gasteiger partial charge in [-0.15, -0.1) is 0 Å². The number of aliphatic hydroxyl groups is 1. The molecule has 2 rings (SSSR count). The van der Waals surface area contributed by atoms with Crippen molar-refractivity contribution in [3.8, 4) is 5.75 Å². The minimum atomic E-state index is -0.279. The van der Waals surface area contributed by atoms with E-state index >= 15 is 0 Å². The molecule has 0 spiro atoms. The molecule has 22 heavy (non-hydrogen) atoms. The Labute approximate surface area is 136 Å². The largest absolute Gasteiger partial charge is 0.490 e. The summed E-state index contributed by atoms with van der Waals surface area (Å²) in [6, 6.07) is 7.08. The van der Waals surface area contributed by atoms with E-state index in [1.165, 1.54) is 0 Å². The summed E-state index contributed by atoms with van der Waals surface area (Å²) in [5.74, 6) is 0.802. The van der Waals surface area contributed by atoms with Crippen molar-refractivity contribution in [1.29, 1.82) is 0 Å². The van der Waals surface area contributed by atoms with Gasteiger partial charge in [-0.05, 0) is 25.0 Å². The van der Waals surface area contributed by atoms with Crippen LogP contribution in [0.5, 0.6) is 5.75 Å². The second-order valence-corrected chi connectivity index (χ2v) is 6.06. The first-order valence-electron chi connectivity index (χ1n) is 7.62. The Morgan fingerprint density at radius 1 is 1.45 bits per heavy atom. The molecule has 122 valence electrons. The van der Waals surface area contributed by atoms with Gasteiger partial charge >= 0.3 is 6.03 Å². The molecular formula is C16H23ClN2O3. The fourth-order valence-corrected chi connectivity index (χ4v) is 2.87. The van der Waals surface area contributed by atoms with Crippen molar-refractivity contribution in [2.75, 3.05) is 26.7 Å². The normalized spacial score (nSPS) is 20.7. The van der Waals surface area contributed by atoms with Gasteiger partial charge in [0.25, 0.3) is 0 Å². The molecule has 1 fully saturated rings. The van der Waals surface area contributed by atoms with Crippen LogP contribution in [-0.2, 0) is 0 Å². The van der Waals surface area contributed by atoms with Gasteiger partial charge in [0.2, 0.25) is 0 Å². The number of urea groups is 1. The summed E-state index contributed by atoms with van der Waals surface area (Å²) in [6.07, 6.45) is 2.58. The average molecular weight is 327 g/mol. The number of ether oxygens (including phenoxy) is 1.